The zero-order valence-corrected chi connectivity index (χ0v) is 46.7. The third-order valence-electron chi connectivity index (χ3n) is 17.0. The van der Waals surface area contributed by atoms with Crippen LogP contribution in [0.4, 0.5) is 0 Å². The van der Waals surface area contributed by atoms with Gasteiger partial charge >= 0.3 is 5.97 Å². The van der Waals surface area contributed by atoms with Crippen LogP contribution < -0.4 is 0 Å². The molecular weight excluding hydrogens is 1210 g/mol. The van der Waals surface area contributed by atoms with Crippen LogP contribution in [0, 0.1) is 0 Å². The standard InChI is InChI=1S/C53H76O36/c54-8-18-39-26(61)33(68)48(77-18)85-41-20(10-56)79-50(35(70)28(41)63)87-43-22(12-58)81-52(37(72)30(43)65)89-45-24(14-75-46(74)17-6-5-15-3-1-2-4-16(15)7-17)82-53(38(73)31(45)66)88-44-23(13-59)80-51(36(71)29(44)64)86-42-21(11-57)78-49(34(69)27(42)62)84-40-19(9-55)76-47(83-39)32(67)25(40)60/h1-7,18-45,47-73H,8-14H2/t18-,19-,20-,21-,22-,23-,24-,25-,26-,27-,28-,29-,30-,31-,32-,33-,34-,35-,36-,37-,38-,39-,40-,41-,42-,43-,44-,45-,47-,48-,49-,50-,51-,52-,53-/m1/s1. The highest BCUT2D eigenvalue weighted by Crippen LogP contribution is 2.39. The van der Waals surface area contributed by atoms with Gasteiger partial charge in [0.2, 0.25) is 0 Å². The Morgan fingerprint density at radius 2 is 0.517 bits per heavy atom. The van der Waals surface area contributed by atoms with Crippen molar-refractivity contribution in [2.45, 2.75) is 215 Å². The maximum atomic E-state index is 13.6. The molecule has 0 aromatic heterocycles. The molecule has 0 radical (unpaired) electrons. The first kappa shape index (κ1) is 68.7. The lowest BCUT2D eigenvalue weighted by Crippen LogP contribution is -2.68. The van der Waals surface area contributed by atoms with Crippen molar-refractivity contribution in [3.63, 3.8) is 0 Å². The van der Waals surface area contributed by atoms with Gasteiger partial charge in [-0.15, -0.1) is 0 Å². The van der Waals surface area contributed by atoms with Gasteiger partial charge in [0.05, 0.1) is 45.2 Å². The summed E-state index contributed by atoms with van der Waals surface area (Å²) in [5, 5.41) is 225. The number of hydrogen-bond acceptors (Lipinski definition) is 36. The summed E-state index contributed by atoms with van der Waals surface area (Å²) in [6.45, 7) is -7.31. The monoisotopic (exact) mass is 1290 g/mol. The topological polar surface area (TPSA) is 560 Å². The summed E-state index contributed by atoms with van der Waals surface area (Å²) in [7, 11) is 0. The van der Waals surface area contributed by atoms with Crippen molar-refractivity contribution in [3.8, 4) is 0 Å². The molecule has 0 saturated carbocycles. The van der Waals surface area contributed by atoms with Gasteiger partial charge in [0.15, 0.2) is 44.0 Å². The molecule has 89 heavy (non-hydrogen) atoms. The highest BCUT2D eigenvalue weighted by Gasteiger charge is 2.60. The van der Waals surface area contributed by atoms with E-state index < -0.39 is 267 Å². The second kappa shape index (κ2) is 29.2. The van der Waals surface area contributed by atoms with Crippen LogP contribution >= 0.6 is 0 Å². The molecule has 504 valence electrons. The first-order valence-electron chi connectivity index (χ1n) is 28.6. The third kappa shape index (κ3) is 13.7. The van der Waals surface area contributed by atoms with E-state index in [2.05, 4.69) is 0 Å². The number of aliphatic hydroxyl groups is 20. The highest BCUT2D eigenvalue weighted by molar-refractivity contribution is 5.95. The van der Waals surface area contributed by atoms with Crippen LogP contribution in [0.3, 0.4) is 0 Å². The first-order chi connectivity index (χ1) is 42.5. The fraction of sp³-hybridized carbons (Fsp3) is 0.792. The minimum Gasteiger partial charge on any atom is -0.459 e. The predicted octanol–water partition coefficient (Wildman–Crippen LogP) is -12.2. The van der Waals surface area contributed by atoms with Gasteiger partial charge in [-0.05, 0) is 22.9 Å². The SMILES string of the molecule is O=C(OC[C@H]1O[C@@H]2O[C@H]3[C@H](O)[C@@H](O)[C@@H](O[C@H]4[C@H](O)[C@@H](O)[C@@H](O[C@H]5[C@H](O)[C@@H](O)[C@@H](O[C@H]6[C@H](O)[C@@H](O)[C@@H](O[C@H]7[C@H](O)[C@@H](O)[C@@H](O[C@H]8[C@H](O)[C@@H](O)[C@@H](O[C@H]1[C@H](O)[C@H]2O)O[C@@H]8CO)O[C@@H]7CO)O[C@@H]6CO)O[C@@H]5CO)O[C@@H]4CO)O[C@@H]3CO)c1ccc2ccccc2c1. The van der Waals surface area contributed by atoms with Crippen LogP contribution in [0.2, 0.25) is 0 Å². The normalized spacial score (nSPS) is 49.4. The quantitative estimate of drug-likeness (QED) is 0.104. The minimum absolute atomic E-state index is 0.0228. The van der Waals surface area contributed by atoms with E-state index in [1.54, 1.807) is 30.3 Å². The average molecular weight is 1290 g/mol. The fourth-order valence-electron chi connectivity index (χ4n) is 12.0. The average Bonchev–Trinajstić information content (AvgIpc) is 1.31. The Balaban J connectivity index is 0.948. The molecule has 0 spiro atoms. The Bertz CT molecular complexity index is 2580. The summed E-state index contributed by atoms with van der Waals surface area (Å²) in [6.07, 6.45) is -71.8. The molecule has 21 aliphatic heterocycles. The Hall–Kier alpha value is -3.19. The summed E-state index contributed by atoms with van der Waals surface area (Å²) in [5.74, 6) is -0.967. The summed E-state index contributed by atoms with van der Waals surface area (Å²) < 4.78 is 86.7. The van der Waals surface area contributed by atoms with Crippen LogP contribution in [-0.4, -0.2) is 369 Å². The van der Waals surface area contributed by atoms with E-state index in [1.165, 1.54) is 12.1 Å². The van der Waals surface area contributed by atoms with E-state index in [4.69, 9.17) is 71.1 Å². The molecule has 23 rings (SSSR count). The van der Waals surface area contributed by atoms with Crippen LogP contribution in [0.5, 0.6) is 0 Å². The van der Waals surface area contributed by atoms with E-state index in [0.717, 1.165) is 5.39 Å². The first-order valence-corrected chi connectivity index (χ1v) is 28.6. The second-order valence-corrected chi connectivity index (χ2v) is 22.6. The van der Waals surface area contributed by atoms with Crippen molar-refractivity contribution in [1.29, 1.82) is 0 Å². The van der Waals surface area contributed by atoms with Gasteiger partial charge in [0.25, 0.3) is 0 Å². The maximum Gasteiger partial charge on any atom is 0.338 e. The number of fused-ring (bicyclic) bond motifs is 1. The molecule has 0 aliphatic carbocycles. The molecule has 21 heterocycles. The van der Waals surface area contributed by atoms with E-state index in [-0.39, 0.29) is 5.56 Å². The van der Waals surface area contributed by atoms with E-state index in [9.17, 15) is 107 Å². The highest BCUT2D eigenvalue weighted by atomic mass is 16.8. The van der Waals surface area contributed by atoms with Gasteiger partial charge in [0, 0.05) is 0 Å². The molecule has 2 aromatic carbocycles. The Kier molecular flexibility index (Phi) is 22.5. The van der Waals surface area contributed by atoms with Crippen molar-refractivity contribution < 1.29 is 178 Å². The molecule has 21 aliphatic rings. The fourth-order valence-corrected chi connectivity index (χ4v) is 12.0. The third-order valence-corrected chi connectivity index (χ3v) is 17.0. The molecule has 21 saturated heterocycles. The van der Waals surface area contributed by atoms with Crippen molar-refractivity contribution in [1.82, 2.24) is 0 Å². The van der Waals surface area contributed by atoms with E-state index in [0.29, 0.717) is 5.39 Å². The van der Waals surface area contributed by atoms with Gasteiger partial charge in [0.1, 0.15) is 178 Å². The van der Waals surface area contributed by atoms with Gasteiger partial charge in [-0.1, -0.05) is 30.3 Å². The Labute approximate surface area is 503 Å². The number of hydrogen-bond donors (Lipinski definition) is 20. The summed E-state index contributed by atoms with van der Waals surface area (Å²) in [5.41, 5.74) is 0.0228. The van der Waals surface area contributed by atoms with Crippen LogP contribution in [0.15, 0.2) is 42.5 Å². The van der Waals surface area contributed by atoms with E-state index >= 15 is 0 Å². The van der Waals surface area contributed by atoms with Crippen molar-refractivity contribution >= 4 is 16.7 Å². The molecular formula is C53H76O36. The number of benzene rings is 2. The molecule has 0 unspecified atom stereocenters. The number of ether oxygens (including phenoxy) is 15. The van der Waals surface area contributed by atoms with Gasteiger partial charge in [-0.3, -0.25) is 0 Å². The lowest BCUT2D eigenvalue weighted by Gasteiger charge is -2.50. The number of esters is 1. The molecule has 36 heteroatoms. The zero-order chi connectivity index (χ0) is 64.0. The molecule has 14 bridgehead atoms. The number of aliphatic hydroxyl groups excluding tert-OH is 20. The van der Waals surface area contributed by atoms with Gasteiger partial charge in [-0.2, -0.15) is 0 Å². The molecule has 36 nitrogen and oxygen atoms in total. The van der Waals surface area contributed by atoms with E-state index in [1.807, 2.05) is 0 Å². The Morgan fingerprint density at radius 3 is 0.764 bits per heavy atom. The van der Waals surface area contributed by atoms with Crippen molar-refractivity contribution in [3.05, 3.63) is 48.0 Å². The molecule has 21 fully saturated rings. The molecule has 35 atom stereocenters. The Morgan fingerprint density at radius 1 is 0.292 bits per heavy atom. The summed E-state index contributed by atoms with van der Waals surface area (Å²) >= 11 is 0. The molecule has 2 aromatic rings. The maximum absolute atomic E-state index is 13.6. The van der Waals surface area contributed by atoms with Gasteiger partial charge in [-0.25, -0.2) is 4.79 Å². The van der Waals surface area contributed by atoms with Crippen molar-refractivity contribution in [2.75, 3.05) is 46.2 Å². The second-order valence-electron chi connectivity index (χ2n) is 22.6. The number of carbonyl (C=O) groups excluding carboxylic acids is 1. The summed E-state index contributed by atoms with van der Waals surface area (Å²) in [4.78, 5) is 13.6. The van der Waals surface area contributed by atoms with Crippen LogP contribution in [0.25, 0.3) is 10.8 Å². The smallest absolute Gasteiger partial charge is 0.338 e. The van der Waals surface area contributed by atoms with Gasteiger partial charge < -0.3 is 173 Å². The zero-order valence-electron chi connectivity index (χ0n) is 46.7. The van der Waals surface area contributed by atoms with Crippen LogP contribution in [-0.2, 0) is 71.1 Å². The lowest BCUT2D eigenvalue weighted by molar-refractivity contribution is -0.396. The minimum atomic E-state index is -2.29. The molecule has 20 N–H and O–H groups in total. The van der Waals surface area contributed by atoms with Crippen molar-refractivity contribution in [2.24, 2.45) is 0 Å². The van der Waals surface area contributed by atoms with Crippen LogP contribution in [0.1, 0.15) is 10.4 Å². The molecule has 0 amide bonds. The summed E-state index contributed by atoms with van der Waals surface area (Å²) in [6, 6.07) is 11.6. The number of carbonyl (C=O) groups is 1. The lowest BCUT2D eigenvalue weighted by atomic mass is 9.95. The largest absolute Gasteiger partial charge is 0.459 e. The predicted molar refractivity (Wildman–Crippen MR) is 276 cm³/mol. The number of rotatable bonds is 9.